The summed E-state index contributed by atoms with van der Waals surface area (Å²) in [6.45, 7) is 0.778. The predicted molar refractivity (Wildman–Crippen MR) is 65.3 cm³/mol. The normalized spacial score (nSPS) is 15.2. The molecule has 18 heavy (non-hydrogen) atoms. The highest BCUT2D eigenvalue weighted by molar-refractivity contribution is 5.39. The van der Waals surface area contributed by atoms with Crippen molar-refractivity contribution in [2.45, 2.75) is 25.4 Å². The van der Waals surface area contributed by atoms with Gasteiger partial charge in [0.15, 0.2) is 0 Å². The monoisotopic (exact) mass is 245 g/mol. The molecule has 0 bridgehead atoms. The highest BCUT2D eigenvalue weighted by Gasteiger charge is 2.14. The molecule has 0 radical (unpaired) electrons. The number of benzene rings is 1. The van der Waals surface area contributed by atoms with E-state index in [4.69, 9.17) is 4.74 Å². The van der Waals surface area contributed by atoms with Crippen LogP contribution in [0.1, 0.15) is 29.3 Å². The van der Waals surface area contributed by atoms with E-state index in [1.807, 2.05) is 6.07 Å². The highest BCUT2D eigenvalue weighted by Crippen LogP contribution is 2.27. The molecule has 1 aliphatic rings. The van der Waals surface area contributed by atoms with Gasteiger partial charge >= 0.3 is 0 Å². The Bertz CT molecular complexity index is 525. The molecule has 94 valence electrons. The van der Waals surface area contributed by atoms with Crippen LogP contribution in [0.2, 0.25) is 0 Å². The third-order valence-corrected chi connectivity index (χ3v) is 3.24. The second-order valence-electron chi connectivity index (χ2n) is 4.49. The van der Waals surface area contributed by atoms with Crippen molar-refractivity contribution < 1.29 is 9.84 Å². The van der Waals surface area contributed by atoms with Crippen LogP contribution in [0.25, 0.3) is 0 Å². The summed E-state index contributed by atoms with van der Waals surface area (Å²) in [5, 5.41) is 20.0. The molecule has 0 aliphatic carbocycles. The lowest BCUT2D eigenvalue weighted by molar-refractivity contribution is 0.163. The first kappa shape index (κ1) is 11.2. The van der Waals surface area contributed by atoms with E-state index < -0.39 is 6.10 Å². The fraction of sp³-hybridized carbons (Fsp3) is 0.385. The molecule has 3 rings (SSSR count). The molecular weight excluding hydrogens is 230 g/mol. The van der Waals surface area contributed by atoms with Crippen molar-refractivity contribution in [3.63, 3.8) is 0 Å². The molecule has 2 aromatic rings. The maximum Gasteiger partial charge on any atom is 0.122 e. The van der Waals surface area contributed by atoms with Crippen molar-refractivity contribution in [2.75, 3.05) is 6.61 Å². The molecule has 0 spiro atoms. The van der Waals surface area contributed by atoms with E-state index in [9.17, 15) is 5.11 Å². The quantitative estimate of drug-likeness (QED) is 0.854. The molecule has 5 nitrogen and oxygen atoms in total. The number of fused-ring (bicyclic) bond motifs is 1. The molecule has 0 saturated carbocycles. The van der Waals surface area contributed by atoms with E-state index in [1.165, 1.54) is 11.1 Å². The molecule has 1 aliphatic heterocycles. The van der Waals surface area contributed by atoms with Crippen molar-refractivity contribution in [3.05, 3.63) is 41.2 Å². The van der Waals surface area contributed by atoms with Crippen molar-refractivity contribution in [2.24, 2.45) is 0 Å². The summed E-state index contributed by atoms with van der Waals surface area (Å²) in [6, 6.07) is 6.23. The van der Waals surface area contributed by atoms with Gasteiger partial charge in [-0.15, -0.1) is 0 Å². The van der Waals surface area contributed by atoms with Gasteiger partial charge in [-0.25, -0.2) is 0 Å². The molecule has 1 aromatic carbocycles. The van der Waals surface area contributed by atoms with Crippen LogP contribution in [0.4, 0.5) is 0 Å². The van der Waals surface area contributed by atoms with Gasteiger partial charge in [0.25, 0.3) is 0 Å². The number of nitrogens with one attached hydrogen (secondary N) is 1. The molecule has 2 heterocycles. The number of rotatable bonds is 4. The van der Waals surface area contributed by atoms with Crippen LogP contribution in [0, 0.1) is 0 Å². The first-order chi connectivity index (χ1) is 8.83. The fourth-order valence-corrected chi connectivity index (χ4v) is 2.22. The molecule has 0 amide bonds. The molecule has 1 aromatic heterocycles. The second kappa shape index (κ2) is 4.78. The molecule has 0 saturated heterocycles. The number of aryl methyl sites for hydroxylation is 1. The van der Waals surface area contributed by atoms with Gasteiger partial charge in [-0.3, -0.25) is 0 Å². The SMILES string of the molecule is OC(CCc1ccc2c(c1)CCO2)c1cn[nH]n1. The number of hydrogen-bond donors (Lipinski definition) is 2. The number of aromatic nitrogens is 3. The lowest BCUT2D eigenvalue weighted by atomic mass is 10.0. The van der Waals surface area contributed by atoms with Gasteiger partial charge in [-0.1, -0.05) is 12.1 Å². The average molecular weight is 245 g/mol. The summed E-state index contributed by atoms with van der Waals surface area (Å²) in [4.78, 5) is 0. The largest absolute Gasteiger partial charge is 0.493 e. The zero-order valence-electron chi connectivity index (χ0n) is 9.97. The number of hydrogen-bond acceptors (Lipinski definition) is 4. The molecular formula is C13H15N3O2. The van der Waals surface area contributed by atoms with Crippen LogP contribution in [-0.2, 0) is 12.8 Å². The van der Waals surface area contributed by atoms with Gasteiger partial charge < -0.3 is 9.84 Å². The van der Waals surface area contributed by atoms with Crippen molar-refractivity contribution in [1.29, 1.82) is 0 Å². The molecule has 1 unspecified atom stereocenters. The Balaban J connectivity index is 1.63. The van der Waals surface area contributed by atoms with Crippen LogP contribution < -0.4 is 4.74 Å². The van der Waals surface area contributed by atoms with Crippen molar-refractivity contribution in [1.82, 2.24) is 15.4 Å². The Labute approximate surface area is 105 Å². The summed E-state index contributed by atoms with van der Waals surface area (Å²) < 4.78 is 5.47. The minimum atomic E-state index is -0.562. The molecule has 5 heteroatoms. The Morgan fingerprint density at radius 1 is 1.44 bits per heavy atom. The Hall–Kier alpha value is -1.88. The number of nitrogens with zero attached hydrogens (tertiary/aromatic N) is 2. The molecule has 1 atom stereocenters. The van der Waals surface area contributed by atoms with Gasteiger partial charge in [0.05, 0.1) is 18.9 Å². The first-order valence-corrected chi connectivity index (χ1v) is 6.11. The summed E-state index contributed by atoms with van der Waals surface area (Å²) in [5.41, 5.74) is 3.09. The van der Waals surface area contributed by atoms with E-state index in [-0.39, 0.29) is 0 Å². The number of H-pyrrole nitrogens is 1. The summed E-state index contributed by atoms with van der Waals surface area (Å²) in [6.07, 6.45) is 3.44. The van der Waals surface area contributed by atoms with E-state index >= 15 is 0 Å². The van der Waals surface area contributed by atoms with Crippen molar-refractivity contribution in [3.8, 4) is 5.75 Å². The zero-order chi connectivity index (χ0) is 12.4. The standard InChI is InChI=1S/C13H15N3O2/c17-12(11-8-14-16-15-11)3-1-9-2-4-13-10(7-9)5-6-18-13/h2,4,7-8,12,17H,1,3,5-6H2,(H,14,15,16). The third kappa shape index (κ3) is 2.22. The topological polar surface area (TPSA) is 71.0 Å². The van der Waals surface area contributed by atoms with Crippen LogP contribution in [0.5, 0.6) is 5.75 Å². The average Bonchev–Trinajstić information content (AvgIpc) is 3.05. The third-order valence-electron chi connectivity index (χ3n) is 3.24. The van der Waals surface area contributed by atoms with Crippen molar-refractivity contribution >= 4 is 0 Å². The lowest BCUT2D eigenvalue weighted by Crippen LogP contribution is -2.00. The van der Waals surface area contributed by atoms with E-state index in [2.05, 4.69) is 27.5 Å². The molecule has 0 fully saturated rings. The first-order valence-electron chi connectivity index (χ1n) is 6.11. The highest BCUT2D eigenvalue weighted by atomic mass is 16.5. The molecule has 2 N–H and O–H groups in total. The van der Waals surface area contributed by atoms with E-state index in [0.717, 1.165) is 25.2 Å². The predicted octanol–water partition coefficient (Wildman–Crippen LogP) is 1.41. The number of aromatic amines is 1. The van der Waals surface area contributed by atoms with Gasteiger partial charge in [-0.05, 0) is 30.0 Å². The number of aliphatic hydroxyl groups is 1. The van der Waals surface area contributed by atoms with Crippen LogP contribution in [0.3, 0.4) is 0 Å². The summed E-state index contributed by atoms with van der Waals surface area (Å²) >= 11 is 0. The van der Waals surface area contributed by atoms with Crippen LogP contribution >= 0.6 is 0 Å². The second-order valence-corrected chi connectivity index (χ2v) is 4.49. The maximum atomic E-state index is 9.92. The zero-order valence-corrected chi connectivity index (χ0v) is 9.97. The maximum absolute atomic E-state index is 9.92. The number of ether oxygens (including phenoxy) is 1. The Kier molecular flexibility index (Phi) is 2.98. The minimum Gasteiger partial charge on any atom is -0.493 e. The van der Waals surface area contributed by atoms with E-state index in [0.29, 0.717) is 12.1 Å². The minimum absolute atomic E-state index is 0.562. The van der Waals surface area contributed by atoms with Crippen LogP contribution in [-0.4, -0.2) is 27.1 Å². The summed E-state index contributed by atoms with van der Waals surface area (Å²) in [7, 11) is 0. The lowest BCUT2D eigenvalue weighted by Gasteiger charge is -2.08. The van der Waals surface area contributed by atoms with Gasteiger partial charge in [0, 0.05) is 6.42 Å². The Morgan fingerprint density at radius 3 is 3.22 bits per heavy atom. The van der Waals surface area contributed by atoms with Gasteiger partial charge in [0.1, 0.15) is 11.4 Å². The Morgan fingerprint density at radius 2 is 2.39 bits per heavy atom. The summed E-state index contributed by atoms with van der Waals surface area (Å²) in [5.74, 6) is 0.996. The smallest absolute Gasteiger partial charge is 0.122 e. The fourth-order valence-electron chi connectivity index (χ4n) is 2.22. The van der Waals surface area contributed by atoms with Crippen LogP contribution in [0.15, 0.2) is 24.4 Å². The number of aliphatic hydroxyl groups excluding tert-OH is 1. The van der Waals surface area contributed by atoms with Gasteiger partial charge in [-0.2, -0.15) is 15.4 Å². The van der Waals surface area contributed by atoms with E-state index in [1.54, 1.807) is 6.20 Å². The van der Waals surface area contributed by atoms with Gasteiger partial charge in [0.2, 0.25) is 0 Å².